The Morgan fingerprint density at radius 3 is 2.82 bits per heavy atom. The number of fused-ring (bicyclic) bond motifs is 3. The summed E-state index contributed by atoms with van der Waals surface area (Å²) in [6, 6.07) is 7.10. The number of para-hydroxylation sites is 1. The van der Waals surface area contributed by atoms with E-state index in [0.29, 0.717) is 5.52 Å². The molecule has 4 heteroatoms. The normalized spacial score (nSPS) is 11.5. The van der Waals surface area contributed by atoms with E-state index in [1.165, 1.54) is 6.07 Å². The van der Waals surface area contributed by atoms with Crippen molar-refractivity contribution in [1.82, 2.24) is 9.38 Å². The summed E-state index contributed by atoms with van der Waals surface area (Å²) in [7, 11) is 0. The number of aromatic nitrogens is 2. The Bertz CT molecular complexity index is 746. The van der Waals surface area contributed by atoms with Crippen molar-refractivity contribution in [2.75, 3.05) is 0 Å². The summed E-state index contributed by atoms with van der Waals surface area (Å²) in [6.45, 7) is 3.87. The maximum absolute atomic E-state index is 14.0. The van der Waals surface area contributed by atoms with Gasteiger partial charge in [-0.15, -0.1) is 0 Å². The minimum Gasteiger partial charge on any atom is -0.283 e. The van der Waals surface area contributed by atoms with Gasteiger partial charge in [0, 0.05) is 5.39 Å². The second kappa shape index (κ2) is 3.53. The third-order valence-corrected chi connectivity index (χ3v) is 3.92. The van der Waals surface area contributed by atoms with Gasteiger partial charge in [0.2, 0.25) is 0 Å². The molecule has 3 rings (SSSR count). The average molecular weight is 293 g/mol. The molecule has 0 atom stereocenters. The molecule has 0 bridgehead atoms. The number of aryl methyl sites for hydroxylation is 2. The number of nitrogens with zero attached hydrogens (tertiary/aromatic N) is 2. The second-order valence-electron chi connectivity index (χ2n) is 4.14. The van der Waals surface area contributed by atoms with Crippen LogP contribution in [0.2, 0.25) is 0 Å². The fraction of sp³-hybridized carbons (Fsp3) is 0.154. The molecule has 0 amide bonds. The molecule has 3 aromatic rings. The van der Waals surface area contributed by atoms with Crippen molar-refractivity contribution in [3.05, 3.63) is 45.9 Å². The quantitative estimate of drug-likeness (QED) is 0.612. The van der Waals surface area contributed by atoms with Gasteiger partial charge >= 0.3 is 0 Å². The van der Waals surface area contributed by atoms with E-state index in [-0.39, 0.29) is 5.82 Å². The third kappa shape index (κ3) is 1.40. The van der Waals surface area contributed by atoms with Gasteiger partial charge in [-0.25, -0.2) is 9.37 Å². The topological polar surface area (TPSA) is 17.3 Å². The summed E-state index contributed by atoms with van der Waals surface area (Å²) in [5, 5.41) is 0.913. The van der Waals surface area contributed by atoms with Gasteiger partial charge in [0.1, 0.15) is 16.1 Å². The molecule has 0 spiro atoms. The lowest BCUT2D eigenvalue weighted by Gasteiger charge is -2.07. The molecule has 0 saturated heterocycles. The van der Waals surface area contributed by atoms with Crippen LogP contribution in [0.25, 0.3) is 16.6 Å². The highest BCUT2D eigenvalue weighted by Gasteiger charge is 2.13. The van der Waals surface area contributed by atoms with Crippen molar-refractivity contribution in [2.45, 2.75) is 13.8 Å². The number of halogens is 2. The highest BCUT2D eigenvalue weighted by Crippen LogP contribution is 2.28. The van der Waals surface area contributed by atoms with E-state index in [4.69, 9.17) is 0 Å². The smallest absolute Gasteiger partial charge is 0.147 e. The maximum atomic E-state index is 14.0. The standard InChI is InChI=1S/C13H10BrFN2/c1-7-6-11-16-8(2)13(14)17(11)12-9(7)4-3-5-10(12)15/h3-6H,1-2H3. The first-order chi connectivity index (χ1) is 8.09. The van der Waals surface area contributed by atoms with Gasteiger partial charge < -0.3 is 0 Å². The Labute approximate surface area is 106 Å². The maximum Gasteiger partial charge on any atom is 0.147 e. The van der Waals surface area contributed by atoms with Crippen molar-refractivity contribution in [1.29, 1.82) is 0 Å². The van der Waals surface area contributed by atoms with Gasteiger partial charge in [-0.1, -0.05) is 12.1 Å². The molecule has 0 saturated carbocycles. The molecule has 17 heavy (non-hydrogen) atoms. The van der Waals surface area contributed by atoms with Crippen molar-refractivity contribution < 1.29 is 4.39 Å². The summed E-state index contributed by atoms with van der Waals surface area (Å²) in [5.41, 5.74) is 3.24. The fourth-order valence-electron chi connectivity index (χ4n) is 2.17. The van der Waals surface area contributed by atoms with Crippen molar-refractivity contribution in [3.8, 4) is 0 Å². The highest BCUT2D eigenvalue weighted by molar-refractivity contribution is 9.10. The Hall–Kier alpha value is -1.42. The van der Waals surface area contributed by atoms with Crippen LogP contribution in [0.4, 0.5) is 4.39 Å². The molecule has 2 nitrogen and oxygen atoms in total. The van der Waals surface area contributed by atoms with Crippen LogP contribution in [-0.2, 0) is 0 Å². The highest BCUT2D eigenvalue weighted by atomic mass is 79.9. The van der Waals surface area contributed by atoms with E-state index < -0.39 is 0 Å². The molecule has 0 N–H and O–H groups in total. The number of hydrogen-bond acceptors (Lipinski definition) is 1. The Morgan fingerprint density at radius 1 is 1.29 bits per heavy atom. The predicted molar refractivity (Wildman–Crippen MR) is 69.8 cm³/mol. The molecule has 0 aliphatic carbocycles. The molecule has 2 aromatic heterocycles. The van der Waals surface area contributed by atoms with Gasteiger partial charge in [-0.2, -0.15) is 0 Å². The number of imidazole rings is 1. The molecule has 2 heterocycles. The number of rotatable bonds is 0. The second-order valence-corrected chi connectivity index (χ2v) is 4.90. The summed E-state index contributed by atoms with van der Waals surface area (Å²) in [4.78, 5) is 4.41. The van der Waals surface area contributed by atoms with Crippen molar-refractivity contribution >= 4 is 32.5 Å². The minimum absolute atomic E-state index is 0.227. The predicted octanol–water partition coefficient (Wildman–Crippen LogP) is 4.01. The molecular weight excluding hydrogens is 283 g/mol. The number of hydrogen-bond donors (Lipinski definition) is 0. The van der Waals surface area contributed by atoms with E-state index in [1.54, 1.807) is 6.07 Å². The van der Waals surface area contributed by atoms with E-state index in [9.17, 15) is 4.39 Å². The molecule has 86 valence electrons. The first-order valence-corrected chi connectivity index (χ1v) is 6.11. The Balaban J connectivity index is 2.70. The first-order valence-electron chi connectivity index (χ1n) is 5.32. The lowest BCUT2D eigenvalue weighted by atomic mass is 10.1. The Kier molecular flexibility index (Phi) is 2.23. The molecule has 1 aromatic carbocycles. The van der Waals surface area contributed by atoms with Gasteiger partial charge in [0.15, 0.2) is 0 Å². The van der Waals surface area contributed by atoms with Crippen molar-refractivity contribution in [3.63, 3.8) is 0 Å². The van der Waals surface area contributed by atoms with Crippen LogP contribution in [-0.4, -0.2) is 9.38 Å². The average Bonchev–Trinajstić information content (AvgIpc) is 2.56. The van der Waals surface area contributed by atoms with Crippen LogP contribution in [0.15, 0.2) is 28.9 Å². The van der Waals surface area contributed by atoms with Crippen LogP contribution in [0.1, 0.15) is 11.3 Å². The van der Waals surface area contributed by atoms with Crippen LogP contribution < -0.4 is 0 Å². The molecule has 0 aliphatic rings. The zero-order chi connectivity index (χ0) is 12.2. The monoisotopic (exact) mass is 292 g/mol. The van der Waals surface area contributed by atoms with E-state index in [0.717, 1.165) is 26.9 Å². The first kappa shape index (κ1) is 10.7. The molecule has 0 aliphatic heterocycles. The van der Waals surface area contributed by atoms with Gasteiger partial charge in [-0.3, -0.25) is 4.40 Å². The number of benzene rings is 1. The summed E-state index contributed by atoms with van der Waals surface area (Å²) >= 11 is 3.46. The van der Waals surface area contributed by atoms with Gasteiger partial charge in [-0.05, 0) is 47.5 Å². The third-order valence-electron chi connectivity index (χ3n) is 2.99. The zero-order valence-electron chi connectivity index (χ0n) is 9.46. The lowest BCUT2D eigenvalue weighted by Crippen LogP contribution is -1.94. The SMILES string of the molecule is Cc1nc2cc(C)c3cccc(F)c3n2c1Br. The summed E-state index contributed by atoms with van der Waals surface area (Å²) < 4.78 is 16.6. The van der Waals surface area contributed by atoms with Crippen LogP contribution in [0.3, 0.4) is 0 Å². The lowest BCUT2D eigenvalue weighted by molar-refractivity contribution is 0.635. The number of pyridine rings is 1. The van der Waals surface area contributed by atoms with Crippen molar-refractivity contribution in [2.24, 2.45) is 0 Å². The van der Waals surface area contributed by atoms with E-state index in [1.807, 2.05) is 30.4 Å². The fourth-order valence-corrected chi connectivity index (χ4v) is 2.62. The molecular formula is C13H10BrFN2. The molecule has 0 fully saturated rings. The van der Waals surface area contributed by atoms with Crippen LogP contribution in [0.5, 0.6) is 0 Å². The largest absolute Gasteiger partial charge is 0.283 e. The van der Waals surface area contributed by atoms with Gasteiger partial charge in [0.25, 0.3) is 0 Å². The summed E-state index contributed by atoms with van der Waals surface area (Å²) in [6.07, 6.45) is 0. The van der Waals surface area contributed by atoms with E-state index >= 15 is 0 Å². The van der Waals surface area contributed by atoms with Crippen LogP contribution in [0, 0.1) is 19.7 Å². The minimum atomic E-state index is -0.227. The van der Waals surface area contributed by atoms with Gasteiger partial charge in [0.05, 0.1) is 11.2 Å². The van der Waals surface area contributed by atoms with Crippen LogP contribution >= 0.6 is 15.9 Å². The van der Waals surface area contributed by atoms with E-state index in [2.05, 4.69) is 20.9 Å². The summed E-state index contributed by atoms with van der Waals surface area (Å²) in [5.74, 6) is -0.227. The zero-order valence-corrected chi connectivity index (χ0v) is 11.0. The molecule has 0 radical (unpaired) electrons. The molecule has 0 unspecified atom stereocenters. The Morgan fingerprint density at radius 2 is 2.06 bits per heavy atom.